The summed E-state index contributed by atoms with van der Waals surface area (Å²) in [6.45, 7) is 5.69. The van der Waals surface area contributed by atoms with Crippen LogP contribution in [0.25, 0.3) is 5.70 Å². The first-order valence-electron chi connectivity index (χ1n) is 10.9. The summed E-state index contributed by atoms with van der Waals surface area (Å²) in [5, 5.41) is 3.62. The molecule has 0 saturated carbocycles. The summed E-state index contributed by atoms with van der Waals surface area (Å²) in [7, 11) is 1.66. The molecule has 0 saturated heterocycles. The zero-order valence-electron chi connectivity index (χ0n) is 18.9. The van der Waals surface area contributed by atoms with E-state index in [1.807, 2.05) is 17.0 Å². The third-order valence-corrected chi connectivity index (χ3v) is 5.78. The molecule has 32 heavy (non-hydrogen) atoms. The van der Waals surface area contributed by atoms with Crippen molar-refractivity contribution in [2.24, 2.45) is 0 Å². The second-order valence-electron chi connectivity index (χ2n) is 8.26. The lowest BCUT2D eigenvalue weighted by Crippen LogP contribution is -2.36. The van der Waals surface area contributed by atoms with Gasteiger partial charge in [0.15, 0.2) is 0 Å². The molecule has 6 heteroatoms. The summed E-state index contributed by atoms with van der Waals surface area (Å²) in [5.41, 5.74) is 6.49. The van der Waals surface area contributed by atoms with Crippen molar-refractivity contribution in [3.8, 4) is 0 Å². The lowest BCUT2D eigenvalue weighted by atomic mass is 10.1. The number of methoxy groups -OCH3 is 1. The number of hydrogen-bond donors (Lipinski definition) is 1. The van der Waals surface area contributed by atoms with Gasteiger partial charge in [0.2, 0.25) is 5.91 Å². The van der Waals surface area contributed by atoms with Crippen LogP contribution in [0.15, 0.2) is 78.4 Å². The number of amides is 1. The third-order valence-electron chi connectivity index (χ3n) is 5.78. The minimum Gasteiger partial charge on any atom is -0.383 e. The molecule has 1 amide bonds. The summed E-state index contributed by atoms with van der Waals surface area (Å²) < 4.78 is 5.27. The van der Waals surface area contributed by atoms with Gasteiger partial charge in [0.05, 0.1) is 24.4 Å². The van der Waals surface area contributed by atoms with Crippen LogP contribution in [0, 0.1) is 6.92 Å². The van der Waals surface area contributed by atoms with E-state index >= 15 is 0 Å². The Labute approximate surface area is 189 Å². The van der Waals surface area contributed by atoms with Crippen LogP contribution < -0.4 is 5.32 Å². The lowest BCUT2D eigenvalue weighted by molar-refractivity contribution is -0.132. The highest BCUT2D eigenvalue weighted by molar-refractivity contribution is 5.83. The molecule has 166 valence electrons. The predicted octanol–water partition coefficient (Wildman–Crippen LogP) is 3.83. The molecule has 1 aromatic carbocycles. The van der Waals surface area contributed by atoms with Gasteiger partial charge in [-0.3, -0.25) is 9.78 Å². The molecule has 1 aromatic heterocycles. The fraction of sp³-hybridized carbons (Fsp3) is 0.308. The summed E-state index contributed by atoms with van der Waals surface area (Å²) in [5.74, 6) is 0.0626. The molecule has 1 unspecified atom stereocenters. The van der Waals surface area contributed by atoms with Crippen LogP contribution in [0.3, 0.4) is 0 Å². The van der Waals surface area contributed by atoms with E-state index in [0.717, 1.165) is 22.5 Å². The zero-order chi connectivity index (χ0) is 22.5. The Balaban J connectivity index is 1.62. The van der Waals surface area contributed by atoms with E-state index in [2.05, 4.69) is 71.7 Å². The highest BCUT2D eigenvalue weighted by Crippen LogP contribution is 2.33. The standard InChI is InChI=1S/C26H30N4O2/c1-19-6-8-22(9-7-19)26-23(30-12-10-20(2)15-24(30)28-26)16-25(31)29(13-14-32-3)18-21-5-4-11-27-17-21/h4-12,15,17,24,28H,13-14,16,18H2,1-3H3. The molecule has 0 fully saturated rings. The summed E-state index contributed by atoms with van der Waals surface area (Å²) in [6, 6.07) is 12.3. The molecular weight excluding hydrogens is 400 g/mol. The van der Waals surface area contributed by atoms with Crippen molar-refractivity contribution in [2.45, 2.75) is 33.0 Å². The average Bonchev–Trinajstić information content (AvgIpc) is 3.15. The van der Waals surface area contributed by atoms with Gasteiger partial charge in [0, 0.05) is 38.8 Å². The second-order valence-corrected chi connectivity index (χ2v) is 8.26. The lowest BCUT2D eigenvalue weighted by Gasteiger charge is -2.28. The molecule has 0 radical (unpaired) electrons. The van der Waals surface area contributed by atoms with Gasteiger partial charge in [-0.05, 0) is 48.8 Å². The first kappa shape index (κ1) is 21.8. The van der Waals surface area contributed by atoms with E-state index in [4.69, 9.17) is 4.74 Å². The average molecular weight is 431 g/mol. The Morgan fingerprint density at radius 3 is 2.75 bits per heavy atom. The third kappa shape index (κ3) is 4.92. The predicted molar refractivity (Wildman–Crippen MR) is 126 cm³/mol. The molecule has 4 rings (SSSR count). The smallest absolute Gasteiger partial charge is 0.228 e. The summed E-state index contributed by atoms with van der Waals surface area (Å²) >= 11 is 0. The Hall–Kier alpha value is -3.38. The number of nitrogens with zero attached hydrogens (tertiary/aromatic N) is 3. The van der Waals surface area contributed by atoms with Crippen molar-refractivity contribution in [3.63, 3.8) is 0 Å². The Kier molecular flexibility index (Phi) is 6.71. The molecular formula is C26H30N4O2. The number of carbonyl (C=O) groups is 1. The van der Waals surface area contributed by atoms with Crippen LogP contribution in [0.2, 0.25) is 0 Å². The number of nitrogens with one attached hydrogen (secondary N) is 1. The monoisotopic (exact) mass is 430 g/mol. The van der Waals surface area contributed by atoms with Gasteiger partial charge in [-0.15, -0.1) is 0 Å². The SMILES string of the molecule is COCCN(Cc1cccnc1)C(=O)CC1=C(c2ccc(C)cc2)NC2C=C(C)C=CN12. The fourth-order valence-electron chi connectivity index (χ4n) is 4.02. The summed E-state index contributed by atoms with van der Waals surface area (Å²) in [4.78, 5) is 21.7. The van der Waals surface area contributed by atoms with Crippen LogP contribution in [0.4, 0.5) is 0 Å². The number of aryl methyl sites for hydroxylation is 1. The number of pyridine rings is 1. The maximum absolute atomic E-state index is 13.5. The van der Waals surface area contributed by atoms with Crippen molar-refractivity contribution in [1.82, 2.24) is 20.1 Å². The number of aromatic nitrogens is 1. The molecule has 3 heterocycles. The Bertz CT molecular complexity index is 1040. The first-order chi connectivity index (χ1) is 15.5. The quantitative estimate of drug-likeness (QED) is 0.690. The zero-order valence-corrected chi connectivity index (χ0v) is 18.9. The largest absolute Gasteiger partial charge is 0.383 e. The number of carbonyl (C=O) groups excluding carboxylic acids is 1. The highest BCUT2D eigenvalue weighted by Gasteiger charge is 2.32. The van der Waals surface area contributed by atoms with Gasteiger partial charge in [-0.1, -0.05) is 35.9 Å². The van der Waals surface area contributed by atoms with Crippen LogP contribution >= 0.6 is 0 Å². The van der Waals surface area contributed by atoms with Crippen molar-refractivity contribution >= 4 is 11.6 Å². The molecule has 2 aromatic rings. The molecule has 0 aliphatic carbocycles. The van der Waals surface area contributed by atoms with E-state index in [-0.39, 0.29) is 12.1 Å². The molecule has 6 nitrogen and oxygen atoms in total. The van der Waals surface area contributed by atoms with E-state index in [0.29, 0.717) is 26.1 Å². The van der Waals surface area contributed by atoms with E-state index < -0.39 is 0 Å². The summed E-state index contributed by atoms with van der Waals surface area (Å²) in [6.07, 6.45) is 10.2. The number of fused-ring (bicyclic) bond motifs is 1. The van der Waals surface area contributed by atoms with Gasteiger partial charge >= 0.3 is 0 Å². The second kappa shape index (κ2) is 9.83. The topological polar surface area (TPSA) is 57.7 Å². The molecule has 1 atom stereocenters. The van der Waals surface area contributed by atoms with Gasteiger partial charge < -0.3 is 19.9 Å². The van der Waals surface area contributed by atoms with Crippen LogP contribution in [0.5, 0.6) is 0 Å². The van der Waals surface area contributed by atoms with Gasteiger partial charge in [0.25, 0.3) is 0 Å². The van der Waals surface area contributed by atoms with Crippen molar-refractivity contribution in [1.29, 1.82) is 0 Å². The maximum Gasteiger partial charge on any atom is 0.228 e. The number of hydrogen-bond acceptors (Lipinski definition) is 5. The Morgan fingerprint density at radius 1 is 1.22 bits per heavy atom. The number of benzene rings is 1. The number of ether oxygens (including phenoxy) is 1. The highest BCUT2D eigenvalue weighted by atomic mass is 16.5. The van der Waals surface area contributed by atoms with Crippen molar-refractivity contribution in [3.05, 3.63) is 95.1 Å². The fourth-order valence-corrected chi connectivity index (χ4v) is 4.02. The maximum atomic E-state index is 13.5. The number of allylic oxidation sites excluding steroid dienone is 2. The van der Waals surface area contributed by atoms with Crippen LogP contribution in [0.1, 0.15) is 30.0 Å². The van der Waals surface area contributed by atoms with Crippen molar-refractivity contribution in [2.75, 3.05) is 20.3 Å². The Morgan fingerprint density at radius 2 is 2.03 bits per heavy atom. The number of rotatable bonds is 8. The minimum atomic E-state index is 0.0184. The van der Waals surface area contributed by atoms with E-state index in [9.17, 15) is 4.79 Å². The molecule has 2 aliphatic rings. The van der Waals surface area contributed by atoms with Gasteiger partial charge in [0.1, 0.15) is 6.17 Å². The van der Waals surface area contributed by atoms with E-state index in [1.165, 1.54) is 11.1 Å². The minimum absolute atomic E-state index is 0.0184. The molecule has 0 spiro atoms. The normalized spacial score (nSPS) is 17.2. The van der Waals surface area contributed by atoms with Gasteiger partial charge in [-0.25, -0.2) is 0 Å². The molecule has 1 N–H and O–H groups in total. The van der Waals surface area contributed by atoms with Gasteiger partial charge in [-0.2, -0.15) is 0 Å². The van der Waals surface area contributed by atoms with Crippen LogP contribution in [-0.4, -0.2) is 47.1 Å². The van der Waals surface area contributed by atoms with Crippen LogP contribution in [-0.2, 0) is 16.1 Å². The molecule has 0 bridgehead atoms. The van der Waals surface area contributed by atoms with E-state index in [1.54, 1.807) is 19.5 Å². The first-order valence-corrected chi connectivity index (χ1v) is 10.9. The van der Waals surface area contributed by atoms with Crippen molar-refractivity contribution < 1.29 is 9.53 Å². The molecule has 2 aliphatic heterocycles.